The maximum atomic E-state index is 11.2. The van der Waals surface area contributed by atoms with Crippen LogP contribution >= 0.6 is 0 Å². The minimum Gasteiger partial charge on any atom is -0.382 e. The van der Waals surface area contributed by atoms with E-state index in [0.717, 1.165) is 17.2 Å². The van der Waals surface area contributed by atoms with Crippen LogP contribution < -0.4 is 11.1 Å². The lowest BCUT2D eigenvalue weighted by molar-refractivity contribution is -0.117. The average Bonchev–Trinajstić information content (AvgIpc) is 2.67. The fourth-order valence-electron chi connectivity index (χ4n) is 3.44. The molecule has 2 unspecified atom stereocenters. The number of hydrogen-bond donors (Lipinski definition) is 2. The van der Waals surface area contributed by atoms with Crippen molar-refractivity contribution in [3.8, 4) is 0 Å². The van der Waals surface area contributed by atoms with Crippen LogP contribution in [-0.4, -0.2) is 11.9 Å². The Hall–Kier alpha value is -1.51. The first-order valence-corrected chi connectivity index (χ1v) is 8.31. The molecule has 21 heavy (non-hydrogen) atoms. The molecule has 0 saturated heterocycles. The second-order valence-corrected chi connectivity index (χ2v) is 6.30. The zero-order valence-electron chi connectivity index (χ0n) is 13.1. The number of para-hydroxylation sites is 1. The van der Waals surface area contributed by atoms with Crippen molar-refractivity contribution in [2.75, 3.05) is 5.32 Å². The van der Waals surface area contributed by atoms with Crippen molar-refractivity contribution in [3.63, 3.8) is 0 Å². The van der Waals surface area contributed by atoms with Crippen molar-refractivity contribution < 1.29 is 4.79 Å². The van der Waals surface area contributed by atoms with E-state index >= 15 is 0 Å². The first-order chi connectivity index (χ1) is 10.2. The highest BCUT2D eigenvalue weighted by molar-refractivity contribution is 5.78. The predicted octanol–water partition coefficient (Wildman–Crippen LogP) is 3.88. The lowest BCUT2D eigenvalue weighted by atomic mass is 9.95. The molecule has 1 aromatic rings. The normalized spacial score (nSPS) is 22.5. The van der Waals surface area contributed by atoms with Crippen molar-refractivity contribution >= 4 is 11.6 Å². The van der Waals surface area contributed by atoms with Crippen LogP contribution in [0.15, 0.2) is 24.3 Å². The van der Waals surface area contributed by atoms with Crippen molar-refractivity contribution in [3.05, 3.63) is 29.8 Å². The number of primary amides is 1. The summed E-state index contributed by atoms with van der Waals surface area (Å²) in [6.45, 7) is 2.28. The van der Waals surface area contributed by atoms with Gasteiger partial charge < -0.3 is 11.1 Å². The highest BCUT2D eigenvalue weighted by Crippen LogP contribution is 2.29. The van der Waals surface area contributed by atoms with Gasteiger partial charge in [-0.1, -0.05) is 50.8 Å². The van der Waals surface area contributed by atoms with Gasteiger partial charge in [0, 0.05) is 11.7 Å². The monoisotopic (exact) mass is 288 g/mol. The highest BCUT2D eigenvalue weighted by atomic mass is 16.1. The van der Waals surface area contributed by atoms with Crippen LogP contribution in [0.3, 0.4) is 0 Å². The molecule has 0 heterocycles. The smallest absolute Gasteiger partial charge is 0.221 e. The Labute approximate surface area is 128 Å². The third-order valence-electron chi connectivity index (χ3n) is 4.53. The van der Waals surface area contributed by atoms with Gasteiger partial charge in [0.25, 0.3) is 0 Å². The van der Waals surface area contributed by atoms with Crippen LogP contribution in [0.4, 0.5) is 5.69 Å². The van der Waals surface area contributed by atoms with Crippen LogP contribution in [-0.2, 0) is 11.2 Å². The van der Waals surface area contributed by atoms with Crippen molar-refractivity contribution in [2.45, 2.75) is 64.3 Å². The van der Waals surface area contributed by atoms with Crippen LogP contribution in [0, 0.1) is 5.92 Å². The Bertz CT molecular complexity index is 458. The van der Waals surface area contributed by atoms with Gasteiger partial charge in [-0.05, 0) is 36.8 Å². The molecule has 3 heteroatoms. The van der Waals surface area contributed by atoms with Gasteiger partial charge in [0.1, 0.15) is 0 Å². The van der Waals surface area contributed by atoms with E-state index in [0.29, 0.717) is 12.5 Å². The lowest BCUT2D eigenvalue weighted by Crippen LogP contribution is -2.21. The molecule has 1 aliphatic carbocycles. The minimum atomic E-state index is -0.270. The minimum absolute atomic E-state index is 0.270. The van der Waals surface area contributed by atoms with Crippen molar-refractivity contribution in [2.24, 2.45) is 11.7 Å². The molecule has 0 radical (unpaired) electrons. The zero-order valence-corrected chi connectivity index (χ0v) is 13.1. The lowest BCUT2D eigenvalue weighted by Gasteiger charge is -2.20. The third-order valence-corrected chi connectivity index (χ3v) is 4.53. The summed E-state index contributed by atoms with van der Waals surface area (Å²) in [5.41, 5.74) is 7.43. The van der Waals surface area contributed by atoms with Gasteiger partial charge in [0.05, 0.1) is 6.42 Å². The van der Waals surface area contributed by atoms with Gasteiger partial charge in [-0.3, -0.25) is 4.79 Å². The fraction of sp³-hybridized carbons (Fsp3) is 0.611. The van der Waals surface area contributed by atoms with E-state index < -0.39 is 0 Å². The molecular weight excluding hydrogens is 260 g/mol. The number of carbonyl (C=O) groups excluding carboxylic acids is 1. The summed E-state index contributed by atoms with van der Waals surface area (Å²) in [6, 6.07) is 8.56. The van der Waals surface area contributed by atoms with E-state index in [2.05, 4.69) is 18.3 Å². The Morgan fingerprint density at radius 1 is 1.24 bits per heavy atom. The summed E-state index contributed by atoms with van der Waals surface area (Å²) in [4.78, 5) is 11.2. The van der Waals surface area contributed by atoms with Crippen LogP contribution in [0.2, 0.25) is 0 Å². The second-order valence-electron chi connectivity index (χ2n) is 6.30. The Morgan fingerprint density at radius 2 is 2.05 bits per heavy atom. The standard InChI is InChI=1S/C18H28N2O/c1-2-6-14-7-5-9-16(12-11-14)20-17-10-4-3-8-15(17)13-18(19)21/h3-4,8,10,14,16,20H,2,5-7,9,11-13H2,1H3,(H2,19,21). The topological polar surface area (TPSA) is 55.1 Å². The molecule has 0 aliphatic heterocycles. The summed E-state index contributed by atoms with van der Waals surface area (Å²) < 4.78 is 0. The van der Waals surface area contributed by atoms with Crippen LogP contribution in [0.5, 0.6) is 0 Å². The number of nitrogens with two attached hydrogens (primary N) is 1. The molecule has 1 aliphatic rings. The van der Waals surface area contributed by atoms with E-state index in [9.17, 15) is 4.79 Å². The van der Waals surface area contributed by atoms with Gasteiger partial charge in [-0.2, -0.15) is 0 Å². The zero-order chi connectivity index (χ0) is 15.1. The fourth-order valence-corrected chi connectivity index (χ4v) is 3.44. The highest BCUT2D eigenvalue weighted by Gasteiger charge is 2.19. The molecule has 2 atom stereocenters. The number of nitrogens with one attached hydrogen (secondary N) is 1. The molecule has 0 spiro atoms. The molecule has 1 aromatic carbocycles. The molecule has 1 fully saturated rings. The molecular formula is C18H28N2O. The number of anilines is 1. The summed E-state index contributed by atoms with van der Waals surface area (Å²) in [5.74, 6) is 0.635. The molecule has 3 N–H and O–H groups in total. The summed E-state index contributed by atoms with van der Waals surface area (Å²) >= 11 is 0. The number of rotatable bonds is 6. The molecule has 0 bridgehead atoms. The molecule has 116 valence electrons. The molecule has 1 amide bonds. The maximum absolute atomic E-state index is 11.2. The van der Waals surface area contributed by atoms with Gasteiger partial charge in [0.2, 0.25) is 5.91 Å². The maximum Gasteiger partial charge on any atom is 0.221 e. The quantitative estimate of drug-likeness (QED) is 0.781. The number of benzene rings is 1. The SMILES string of the molecule is CCCC1CCCC(Nc2ccccc2CC(N)=O)CC1. The number of hydrogen-bond acceptors (Lipinski definition) is 2. The molecule has 0 aromatic heterocycles. The Balaban J connectivity index is 1.96. The van der Waals surface area contributed by atoms with Gasteiger partial charge in [-0.15, -0.1) is 0 Å². The predicted molar refractivity (Wildman–Crippen MR) is 88.2 cm³/mol. The Kier molecular flexibility index (Phi) is 6.09. The van der Waals surface area contributed by atoms with E-state index in [4.69, 9.17) is 5.73 Å². The number of carbonyl (C=O) groups is 1. The largest absolute Gasteiger partial charge is 0.382 e. The van der Waals surface area contributed by atoms with Crippen molar-refractivity contribution in [1.82, 2.24) is 0 Å². The first kappa shape index (κ1) is 15.9. The van der Waals surface area contributed by atoms with Gasteiger partial charge in [0.15, 0.2) is 0 Å². The average molecular weight is 288 g/mol. The van der Waals surface area contributed by atoms with E-state index in [1.54, 1.807) is 0 Å². The molecule has 3 nitrogen and oxygen atoms in total. The van der Waals surface area contributed by atoms with Gasteiger partial charge >= 0.3 is 0 Å². The summed E-state index contributed by atoms with van der Waals surface area (Å²) in [7, 11) is 0. The van der Waals surface area contributed by atoms with E-state index in [1.807, 2.05) is 18.2 Å². The van der Waals surface area contributed by atoms with Crippen LogP contribution in [0.25, 0.3) is 0 Å². The second kappa shape index (κ2) is 8.06. The summed E-state index contributed by atoms with van der Waals surface area (Å²) in [5, 5.41) is 3.65. The number of amides is 1. The van der Waals surface area contributed by atoms with E-state index in [-0.39, 0.29) is 5.91 Å². The first-order valence-electron chi connectivity index (χ1n) is 8.31. The summed E-state index contributed by atoms with van der Waals surface area (Å²) in [6.07, 6.45) is 9.43. The van der Waals surface area contributed by atoms with E-state index in [1.165, 1.54) is 44.9 Å². The Morgan fingerprint density at radius 3 is 2.81 bits per heavy atom. The molecule has 1 saturated carbocycles. The van der Waals surface area contributed by atoms with Crippen molar-refractivity contribution in [1.29, 1.82) is 0 Å². The molecule has 2 rings (SSSR count). The van der Waals surface area contributed by atoms with Crippen LogP contribution in [0.1, 0.15) is 57.4 Å². The van der Waals surface area contributed by atoms with Gasteiger partial charge in [-0.25, -0.2) is 0 Å². The third kappa shape index (κ3) is 5.07.